The van der Waals surface area contributed by atoms with Gasteiger partial charge in [-0.2, -0.15) is 4.31 Å². The van der Waals surface area contributed by atoms with Crippen molar-refractivity contribution in [1.29, 1.82) is 0 Å². The van der Waals surface area contributed by atoms with E-state index in [2.05, 4.69) is 0 Å². The molecule has 1 spiro atoms. The van der Waals surface area contributed by atoms with Gasteiger partial charge in [-0.25, -0.2) is 12.8 Å². The van der Waals surface area contributed by atoms with Crippen molar-refractivity contribution in [2.75, 3.05) is 26.3 Å². The lowest BCUT2D eigenvalue weighted by Gasteiger charge is -2.45. The van der Waals surface area contributed by atoms with Crippen LogP contribution in [-0.4, -0.2) is 50.7 Å². The van der Waals surface area contributed by atoms with Crippen molar-refractivity contribution in [2.24, 2.45) is 5.92 Å². The van der Waals surface area contributed by atoms with Crippen molar-refractivity contribution in [1.82, 2.24) is 4.31 Å². The number of hydrogen-bond donors (Lipinski definition) is 0. The molecule has 4 rings (SSSR count). The third kappa shape index (κ3) is 3.96. The van der Waals surface area contributed by atoms with Gasteiger partial charge in [-0.05, 0) is 62.3 Å². The van der Waals surface area contributed by atoms with Gasteiger partial charge in [0.15, 0.2) is 0 Å². The largest absolute Gasteiger partial charge is 0.378 e. The average Bonchev–Trinajstić information content (AvgIpc) is 3.45. The zero-order valence-corrected chi connectivity index (χ0v) is 15.7. The minimum Gasteiger partial charge on any atom is -0.378 e. The van der Waals surface area contributed by atoms with Crippen molar-refractivity contribution >= 4 is 10.0 Å². The highest BCUT2D eigenvalue weighted by molar-refractivity contribution is 7.89. The highest BCUT2D eigenvalue weighted by Crippen LogP contribution is 2.38. The van der Waals surface area contributed by atoms with E-state index in [1.807, 2.05) is 0 Å². The highest BCUT2D eigenvalue weighted by Gasteiger charge is 2.43. The van der Waals surface area contributed by atoms with Crippen LogP contribution in [0.1, 0.15) is 38.5 Å². The van der Waals surface area contributed by atoms with Crippen LogP contribution in [-0.2, 0) is 19.5 Å². The lowest BCUT2D eigenvalue weighted by atomic mass is 9.84. The van der Waals surface area contributed by atoms with E-state index in [1.54, 1.807) is 0 Å². The molecule has 0 radical (unpaired) electrons. The van der Waals surface area contributed by atoms with E-state index in [0.29, 0.717) is 32.5 Å². The maximum absolute atomic E-state index is 13.1. The van der Waals surface area contributed by atoms with Crippen LogP contribution < -0.4 is 0 Å². The number of halogens is 1. The van der Waals surface area contributed by atoms with Gasteiger partial charge in [-0.3, -0.25) is 0 Å². The Hall–Kier alpha value is -1.02. The number of ether oxygens (including phenoxy) is 2. The molecule has 0 bridgehead atoms. The van der Waals surface area contributed by atoms with Gasteiger partial charge >= 0.3 is 0 Å². The zero-order valence-electron chi connectivity index (χ0n) is 14.9. The predicted octanol–water partition coefficient (Wildman–Crippen LogP) is 2.95. The molecule has 0 amide bonds. The first-order chi connectivity index (χ1) is 12.5. The third-order valence-electron chi connectivity index (χ3n) is 5.80. The van der Waals surface area contributed by atoms with Gasteiger partial charge in [0.05, 0.1) is 16.6 Å². The summed E-state index contributed by atoms with van der Waals surface area (Å²) in [6.07, 6.45) is 5.92. The number of sulfonamides is 1. The van der Waals surface area contributed by atoms with Crippen LogP contribution in [0.2, 0.25) is 0 Å². The van der Waals surface area contributed by atoms with E-state index in [9.17, 15) is 12.8 Å². The second-order valence-electron chi connectivity index (χ2n) is 7.78. The molecular formula is C19H26FNO4S. The quantitative estimate of drug-likeness (QED) is 0.784. The molecule has 1 atom stereocenters. The molecule has 0 N–H and O–H groups in total. The Balaban J connectivity index is 1.37. The van der Waals surface area contributed by atoms with E-state index < -0.39 is 15.8 Å². The van der Waals surface area contributed by atoms with Crippen LogP contribution in [0, 0.1) is 11.7 Å². The fourth-order valence-electron chi connectivity index (χ4n) is 3.92. The normalized spacial score (nSPS) is 26.9. The molecule has 1 aliphatic carbocycles. The maximum atomic E-state index is 13.1. The molecule has 144 valence electrons. The van der Waals surface area contributed by atoms with Gasteiger partial charge in [0.25, 0.3) is 0 Å². The van der Waals surface area contributed by atoms with E-state index in [1.165, 1.54) is 41.4 Å². The molecule has 1 saturated carbocycles. The Kier molecular flexibility index (Phi) is 5.07. The van der Waals surface area contributed by atoms with Crippen LogP contribution in [0.3, 0.4) is 0 Å². The van der Waals surface area contributed by atoms with Gasteiger partial charge in [-0.1, -0.05) is 0 Å². The second kappa shape index (κ2) is 7.19. The summed E-state index contributed by atoms with van der Waals surface area (Å²) in [7, 11) is -3.58. The van der Waals surface area contributed by atoms with Crippen molar-refractivity contribution < 1.29 is 22.3 Å². The Morgan fingerprint density at radius 2 is 1.85 bits per heavy atom. The number of benzene rings is 1. The summed E-state index contributed by atoms with van der Waals surface area (Å²) in [5, 5.41) is 0. The van der Waals surface area contributed by atoms with Crippen LogP contribution >= 0.6 is 0 Å². The zero-order chi connectivity index (χ0) is 18.2. The predicted molar refractivity (Wildman–Crippen MR) is 94.8 cm³/mol. The van der Waals surface area contributed by atoms with Gasteiger partial charge in [0.2, 0.25) is 10.0 Å². The Labute approximate surface area is 154 Å². The molecule has 2 heterocycles. The molecule has 1 unspecified atom stereocenters. The van der Waals surface area contributed by atoms with Gasteiger partial charge in [0, 0.05) is 32.7 Å². The lowest BCUT2D eigenvalue weighted by molar-refractivity contribution is -0.151. The molecule has 1 aromatic rings. The van der Waals surface area contributed by atoms with Crippen LogP contribution in [0.4, 0.5) is 4.39 Å². The molecule has 1 aromatic carbocycles. The number of nitrogens with zero attached hydrogens (tertiary/aromatic N) is 1. The standard InChI is InChI=1S/C19H26FNO4S/c20-16-3-5-18(6-4-16)26(22,23)21-10-8-19(9-11-21)13-17(7-12-25-19)24-14-15-1-2-15/h3-6,15,17H,1-2,7-14H2. The Morgan fingerprint density at radius 3 is 2.50 bits per heavy atom. The summed E-state index contributed by atoms with van der Waals surface area (Å²) in [5.41, 5.74) is -0.263. The van der Waals surface area contributed by atoms with Crippen LogP contribution in [0.5, 0.6) is 0 Å². The Bertz CT molecular complexity index is 724. The summed E-state index contributed by atoms with van der Waals surface area (Å²) >= 11 is 0. The van der Waals surface area contributed by atoms with Crippen LogP contribution in [0.15, 0.2) is 29.2 Å². The van der Waals surface area contributed by atoms with E-state index >= 15 is 0 Å². The smallest absolute Gasteiger partial charge is 0.243 e. The summed E-state index contributed by atoms with van der Waals surface area (Å²) < 4.78 is 52.2. The van der Waals surface area contributed by atoms with Crippen molar-refractivity contribution in [3.63, 3.8) is 0 Å². The molecule has 0 aromatic heterocycles. The molecule has 3 fully saturated rings. The monoisotopic (exact) mass is 383 g/mol. The fourth-order valence-corrected chi connectivity index (χ4v) is 5.36. The first-order valence-corrected chi connectivity index (χ1v) is 10.9. The van der Waals surface area contributed by atoms with Gasteiger partial charge in [-0.15, -0.1) is 0 Å². The molecule has 3 aliphatic rings. The minimum atomic E-state index is -3.58. The summed E-state index contributed by atoms with van der Waals surface area (Å²) in [4.78, 5) is 0.144. The van der Waals surface area contributed by atoms with E-state index in [-0.39, 0.29) is 16.6 Å². The molecule has 2 saturated heterocycles. The van der Waals surface area contributed by atoms with Crippen molar-refractivity contribution in [3.8, 4) is 0 Å². The lowest BCUT2D eigenvalue weighted by Crippen LogP contribution is -2.52. The van der Waals surface area contributed by atoms with Crippen molar-refractivity contribution in [3.05, 3.63) is 30.1 Å². The second-order valence-corrected chi connectivity index (χ2v) is 9.72. The van der Waals surface area contributed by atoms with E-state index in [0.717, 1.165) is 25.4 Å². The van der Waals surface area contributed by atoms with Crippen molar-refractivity contribution in [2.45, 2.75) is 55.1 Å². The first kappa shape index (κ1) is 18.3. The molecular weight excluding hydrogens is 357 g/mol. The highest BCUT2D eigenvalue weighted by atomic mass is 32.2. The average molecular weight is 383 g/mol. The first-order valence-electron chi connectivity index (χ1n) is 9.48. The molecule has 2 aliphatic heterocycles. The number of piperidine rings is 1. The number of rotatable bonds is 5. The third-order valence-corrected chi connectivity index (χ3v) is 7.71. The molecule has 5 nitrogen and oxygen atoms in total. The van der Waals surface area contributed by atoms with Gasteiger partial charge in [0.1, 0.15) is 5.82 Å². The summed E-state index contributed by atoms with van der Waals surface area (Å²) in [5.74, 6) is 0.311. The van der Waals surface area contributed by atoms with Gasteiger partial charge < -0.3 is 9.47 Å². The Morgan fingerprint density at radius 1 is 1.15 bits per heavy atom. The van der Waals surface area contributed by atoms with E-state index in [4.69, 9.17) is 9.47 Å². The summed E-state index contributed by atoms with van der Waals surface area (Å²) in [6.45, 7) is 2.38. The molecule has 26 heavy (non-hydrogen) atoms. The fraction of sp³-hybridized carbons (Fsp3) is 0.684. The van der Waals surface area contributed by atoms with Crippen LogP contribution in [0.25, 0.3) is 0 Å². The topological polar surface area (TPSA) is 55.8 Å². The molecule has 7 heteroatoms. The minimum absolute atomic E-state index is 0.144. The SMILES string of the molecule is O=S(=O)(c1ccc(F)cc1)N1CCC2(CC1)CC(OCC1CC1)CCO2. The summed E-state index contributed by atoms with van der Waals surface area (Å²) in [6, 6.07) is 5.02. The number of hydrogen-bond acceptors (Lipinski definition) is 4. The maximum Gasteiger partial charge on any atom is 0.243 e.